The van der Waals surface area contributed by atoms with Crippen molar-refractivity contribution in [2.24, 2.45) is 0 Å². The first-order valence-electron chi connectivity index (χ1n) is 8.83. The Labute approximate surface area is 165 Å². The highest BCUT2D eigenvalue weighted by Crippen LogP contribution is 2.24. The van der Waals surface area contributed by atoms with Crippen LogP contribution in [0.1, 0.15) is 30.5 Å². The first-order valence-corrected chi connectivity index (χ1v) is 10.7. The fourth-order valence-corrected chi connectivity index (χ4v) is 3.79. The maximum Gasteiger partial charge on any atom is 0.241 e. The van der Waals surface area contributed by atoms with Gasteiger partial charge in [0.25, 0.3) is 0 Å². The summed E-state index contributed by atoms with van der Waals surface area (Å²) in [7, 11) is -2.17. The average Bonchev–Trinajstić information content (AvgIpc) is 2.63. The Kier molecular flexibility index (Phi) is 7.01. The summed E-state index contributed by atoms with van der Waals surface area (Å²) >= 11 is 0. The maximum atomic E-state index is 13.5. The Morgan fingerprint density at radius 2 is 1.96 bits per heavy atom. The highest BCUT2D eigenvalue weighted by Gasteiger charge is 2.23. The zero-order chi connectivity index (χ0) is 20.9. The lowest BCUT2D eigenvalue weighted by molar-refractivity contribution is -0.120. The molecule has 0 radical (unpaired) electrons. The minimum absolute atomic E-state index is 0.103. The molecule has 0 saturated heterocycles. The molecule has 6 nitrogen and oxygen atoms in total. The summed E-state index contributed by atoms with van der Waals surface area (Å²) in [5.74, 6) is -0.305. The van der Waals surface area contributed by atoms with Crippen molar-refractivity contribution in [3.8, 4) is 5.75 Å². The molecule has 0 aromatic heterocycles. The van der Waals surface area contributed by atoms with E-state index in [4.69, 9.17) is 4.74 Å². The molecule has 0 aliphatic rings. The Hall–Kier alpha value is -2.61. The summed E-state index contributed by atoms with van der Waals surface area (Å²) in [5, 5.41) is 2.86. The lowest BCUT2D eigenvalue weighted by Crippen LogP contribution is -2.41. The van der Waals surface area contributed by atoms with Crippen LogP contribution in [0.15, 0.2) is 42.5 Å². The van der Waals surface area contributed by atoms with E-state index < -0.39 is 28.3 Å². The number of amides is 1. The molecule has 0 unspecified atom stereocenters. The van der Waals surface area contributed by atoms with E-state index in [2.05, 4.69) is 5.32 Å². The maximum absolute atomic E-state index is 13.5. The minimum Gasteiger partial charge on any atom is -0.496 e. The van der Waals surface area contributed by atoms with Crippen molar-refractivity contribution in [2.45, 2.75) is 26.3 Å². The molecule has 1 N–H and O–H groups in total. The third-order valence-electron chi connectivity index (χ3n) is 4.35. The number of benzene rings is 2. The number of anilines is 1. The SMILES string of the molecule is CC[C@H](NC(=O)CN(c1cccc(F)c1)S(C)(=O)=O)c1ccc(OC)c(C)c1. The second kappa shape index (κ2) is 9.05. The third kappa shape index (κ3) is 5.45. The van der Waals surface area contributed by atoms with Gasteiger partial charge < -0.3 is 10.1 Å². The molecule has 0 spiro atoms. The quantitative estimate of drug-likeness (QED) is 0.728. The number of rotatable bonds is 8. The summed E-state index contributed by atoms with van der Waals surface area (Å²) in [5.41, 5.74) is 1.93. The number of halogens is 1. The summed E-state index contributed by atoms with van der Waals surface area (Å²) in [6.45, 7) is 3.39. The van der Waals surface area contributed by atoms with Crippen molar-refractivity contribution in [1.82, 2.24) is 5.32 Å². The molecular weight excluding hydrogens is 383 g/mol. The molecule has 28 heavy (non-hydrogen) atoms. The van der Waals surface area contributed by atoms with Gasteiger partial charge >= 0.3 is 0 Å². The van der Waals surface area contributed by atoms with E-state index in [1.807, 2.05) is 32.0 Å². The van der Waals surface area contributed by atoms with Gasteiger partial charge in [-0.15, -0.1) is 0 Å². The Morgan fingerprint density at radius 1 is 1.25 bits per heavy atom. The lowest BCUT2D eigenvalue weighted by Gasteiger charge is -2.24. The molecule has 1 atom stereocenters. The second-order valence-corrected chi connectivity index (χ2v) is 8.41. The van der Waals surface area contributed by atoms with E-state index in [0.29, 0.717) is 6.42 Å². The van der Waals surface area contributed by atoms with Crippen LogP contribution in [0.5, 0.6) is 5.75 Å². The molecule has 152 valence electrons. The molecule has 0 bridgehead atoms. The zero-order valence-corrected chi connectivity index (χ0v) is 17.2. The molecule has 8 heteroatoms. The number of ether oxygens (including phenoxy) is 1. The molecule has 1 amide bonds. The molecule has 2 aromatic carbocycles. The molecular formula is C20H25FN2O4S. The van der Waals surface area contributed by atoms with Gasteiger partial charge in [-0.3, -0.25) is 9.10 Å². The number of methoxy groups -OCH3 is 1. The Morgan fingerprint density at radius 3 is 2.50 bits per heavy atom. The normalized spacial score (nSPS) is 12.3. The van der Waals surface area contributed by atoms with Crippen LogP contribution in [0.25, 0.3) is 0 Å². The van der Waals surface area contributed by atoms with Gasteiger partial charge in [0.05, 0.1) is 25.1 Å². The highest BCUT2D eigenvalue weighted by atomic mass is 32.2. The Bertz CT molecular complexity index is 947. The van der Waals surface area contributed by atoms with Crippen LogP contribution in [0.2, 0.25) is 0 Å². The third-order valence-corrected chi connectivity index (χ3v) is 5.49. The predicted molar refractivity (Wildman–Crippen MR) is 107 cm³/mol. The first-order chi connectivity index (χ1) is 13.2. The monoisotopic (exact) mass is 408 g/mol. The van der Waals surface area contributed by atoms with Crippen LogP contribution in [0, 0.1) is 12.7 Å². The molecule has 0 aliphatic heterocycles. The topological polar surface area (TPSA) is 75.7 Å². The highest BCUT2D eigenvalue weighted by molar-refractivity contribution is 7.92. The lowest BCUT2D eigenvalue weighted by atomic mass is 10.0. The molecule has 2 aromatic rings. The molecule has 0 heterocycles. The number of nitrogens with one attached hydrogen (secondary N) is 1. The number of hydrogen-bond donors (Lipinski definition) is 1. The van der Waals surface area contributed by atoms with Crippen molar-refractivity contribution in [2.75, 3.05) is 24.2 Å². The zero-order valence-electron chi connectivity index (χ0n) is 16.4. The van der Waals surface area contributed by atoms with E-state index >= 15 is 0 Å². The van der Waals surface area contributed by atoms with Crippen molar-refractivity contribution in [3.63, 3.8) is 0 Å². The van der Waals surface area contributed by atoms with Crippen molar-refractivity contribution < 1.29 is 22.3 Å². The van der Waals surface area contributed by atoms with Crippen molar-refractivity contribution >= 4 is 21.6 Å². The van der Waals surface area contributed by atoms with Gasteiger partial charge in [0.15, 0.2) is 0 Å². The van der Waals surface area contributed by atoms with Gasteiger partial charge in [0, 0.05) is 0 Å². The number of aryl methyl sites for hydroxylation is 1. The van der Waals surface area contributed by atoms with Crippen molar-refractivity contribution in [1.29, 1.82) is 0 Å². The second-order valence-electron chi connectivity index (χ2n) is 6.51. The van der Waals surface area contributed by atoms with Crippen LogP contribution in [-0.2, 0) is 14.8 Å². The van der Waals surface area contributed by atoms with Gasteiger partial charge in [0.1, 0.15) is 18.1 Å². The molecule has 0 aliphatic carbocycles. The van der Waals surface area contributed by atoms with E-state index in [-0.39, 0.29) is 11.7 Å². The molecule has 2 rings (SSSR count). The van der Waals surface area contributed by atoms with Gasteiger partial charge in [-0.1, -0.05) is 25.1 Å². The van der Waals surface area contributed by atoms with Crippen LogP contribution < -0.4 is 14.4 Å². The summed E-state index contributed by atoms with van der Waals surface area (Å²) in [6.07, 6.45) is 1.60. The fourth-order valence-electron chi connectivity index (χ4n) is 2.94. The van der Waals surface area contributed by atoms with E-state index in [1.165, 1.54) is 18.2 Å². The predicted octanol–water partition coefficient (Wildman–Crippen LogP) is 3.18. The largest absolute Gasteiger partial charge is 0.496 e. The standard InChI is InChI=1S/C20H25FN2O4S/c1-5-18(15-9-10-19(27-3)14(2)11-15)22-20(24)13-23(28(4,25)26)17-8-6-7-16(21)12-17/h6-12,18H,5,13H2,1-4H3,(H,22,24)/t18-/m0/s1. The van der Waals surface area contributed by atoms with Gasteiger partial charge in [-0.25, -0.2) is 12.8 Å². The molecule has 0 fully saturated rings. The van der Waals surface area contributed by atoms with Crippen LogP contribution in [-0.4, -0.2) is 34.2 Å². The average molecular weight is 408 g/mol. The van der Waals surface area contributed by atoms with Crippen LogP contribution in [0.3, 0.4) is 0 Å². The first kappa shape index (κ1) is 21.7. The number of hydrogen-bond acceptors (Lipinski definition) is 4. The van der Waals surface area contributed by atoms with Gasteiger partial charge in [-0.05, 0) is 48.7 Å². The summed E-state index contributed by atoms with van der Waals surface area (Å²) in [4.78, 5) is 12.6. The molecule has 0 saturated carbocycles. The number of carbonyl (C=O) groups is 1. The number of carbonyl (C=O) groups excluding carboxylic acids is 1. The summed E-state index contributed by atoms with van der Waals surface area (Å²) in [6, 6.07) is 10.5. The summed E-state index contributed by atoms with van der Waals surface area (Å²) < 4.78 is 43.9. The van der Waals surface area contributed by atoms with Gasteiger partial charge in [0.2, 0.25) is 15.9 Å². The number of nitrogens with zero attached hydrogens (tertiary/aromatic N) is 1. The van der Waals surface area contributed by atoms with Crippen molar-refractivity contribution in [3.05, 3.63) is 59.4 Å². The van der Waals surface area contributed by atoms with Crippen LogP contribution in [0.4, 0.5) is 10.1 Å². The van der Waals surface area contributed by atoms with E-state index in [1.54, 1.807) is 7.11 Å². The Balaban J connectivity index is 2.20. The smallest absolute Gasteiger partial charge is 0.241 e. The van der Waals surface area contributed by atoms with Gasteiger partial charge in [-0.2, -0.15) is 0 Å². The van der Waals surface area contributed by atoms with E-state index in [9.17, 15) is 17.6 Å². The minimum atomic E-state index is -3.76. The van der Waals surface area contributed by atoms with Crippen LogP contribution >= 0.6 is 0 Å². The van der Waals surface area contributed by atoms with E-state index in [0.717, 1.165) is 33.5 Å². The number of sulfonamides is 1. The fraction of sp³-hybridized carbons (Fsp3) is 0.350.